The third kappa shape index (κ3) is 10.2. The number of nitrogens with zero attached hydrogens (tertiary/aromatic N) is 2. The monoisotopic (exact) mass is 614 g/mol. The summed E-state index contributed by atoms with van der Waals surface area (Å²) in [6, 6.07) is 21.2. The van der Waals surface area contributed by atoms with E-state index >= 15 is 0 Å². The van der Waals surface area contributed by atoms with E-state index in [1.165, 1.54) is 15.9 Å². The topological polar surface area (TPSA) is 122 Å². The number of hydrogen-bond donors (Lipinski definition) is 2. The summed E-state index contributed by atoms with van der Waals surface area (Å²) in [5.74, 6) is -1.43. The highest BCUT2D eigenvalue weighted by Gasteiger charge is 2.34. The van der Waals surface area contributed by atoms with E-state index in [2.05, 4.69) is 5.32 Å². The molecule has 3 N–H and O–H groups in total. The van der Waals surface area contributed by atoms with E-state index in [9.17, 15) is 19.2 Å². The van der Waals surface area contributed by atoms with Crippen LogP contribution < -0.4 is 11.1 Å². The smallest absolute Gasteiger partial charge is 0.408 e. The third-order valence-electron chi connectivity index (χ3n) is 7.54. The minimum atomic E-state index is -0.927. The van der Waals surface area contributed by atoms with Gasteiger partial charge in [0.15, 0.2) is 0 Å². The van der Waals surface area contributed by atoms with Crippen LogP contribution >= 0.6 is 0 Å². The Kier molecular flexibility index (Phi) is 11.5. The number of benzene rings is 3. The van der Waals surface area contributed by atoms with Crippen LogP contribution in [-0.4, -0.2) is 70.9 Å². The molecule has 0 fully saturated rings. The van der Waals surface area contributed by atoms with Crippen molar-refractivity contribution >= 4 is 34.6 Å². The van der Waals surface area contributed by atoms with Gasteiger partial charge in [0.25, 0.3) is 0 Å². The van der Waals surface area contributed by atoms with Crippen LogP contribution in [0.4, 0.5) is 4.79 Å². The van der Waals surface area contributed by atoms with E-state index in [1.54, 1.807) is 40.9 Å². The lowest BCUT2D eigenvalue weighted by atomic mass is 9.96. The molecular weight excluding hydrogens is 568 g/mol. The molecule has 3 aromatic carbocycles. The Hall–Kier alpha value is -4.66. The first kappa shape index (κ1) is 34.8. The number of carbonyl (C=O) groups is 4. The fourth-order valence-corrected chi connectivity index (χ4v) is 5.08. The number of nitrogens with one attached hydrogen (secondary N) is 1. The maximum Gasteiger partial charge on any atom is 0.408 e. The van der Waals surface area contributed by atoms with E-state index in [1.807, 2.05) is 86.6 Å². The van der Waals surface area contributed by atoms with Crippen molar-refractivity contribution in [2.75, 3.05) is 14.1 Å². The summed E-state index contributed by atoms with van der Waals surface area (Å²) in [5.41, 5.74) is 6.22. The number of ether oxygens (including phenoxy) is 1. The van der Waals surface area contributed by atoms with Crippen LogP contribution in [0.3, 0.4) is 0 Å². The van der Waals surface area contributed by atoms with Gasteiger partial charge in [-0.2, -0.15) is 0 Å². The molecule has 45 heavy (non-hydrogen) atoms. The third-order valence-corrected chi connectivity index (χ3v) is 7.54. The molecule has 0 saturated carbocycles. The zero-order chi connectivity index (χ0) is 33.4. The number of nitrogens with two attached hydrogens (primary N) is 1. The highest BCUT2D eigenvalue weighted by Crippen LogP contribution is 2.23. The van der Waals surface area contributed by atoms with Crippen LogP contribution in [0.2, 0.25) is 0 Å². The molecule has 0 unspecified atom stereocenters. The van der Waals surface area contributed by atoms with Crippen molar-refractivity contribution in [1.82, 2.24) is 15.1 Å². The minimum Gasteiger partial charge on any atom is -0.444 e. The maximum atomic E-state index is 14.2. The number of hydrogen-bond acceptors (Lipinski definition) is 5. The number of rotatable bonds is 12. The molecule has 0 aliphatic rings. The Balaban J connectivity index is 1.87. The van der Waals surface area contributed by atoms with Gasteiger partial charge in [0.1, 0.15) is 17.7 Å². The molecule has 0 radical (unpaired) electrons. The molecule has 3 rings (SSSR count). The second-order valence-electron chi connectivity index (χ2n) is 13.0. The molecule has 0 bridgehead atoms. The molecule has 0 heterocycles. The Morgan fingerprint density at radius 3 is 2.09 bits per heavy atom. The van der Waals surface area contributed by atoms with Crippen LogP contribution in [0, 0.1) is 0 Å². The molecule has 9 nitrogen and oxygen atoms in total. The predicted octanol–water partition coefficient (Wildman–Crippen LogP) is 5.01. The highest BCUT2D eigenvalue weighted by molar-refractivity contribution is 5.95. The second-order valence-corrected chi connectivity index (χ2v) is 13.0. The van der Waals surface area contributed by atoms with Crippen molar-refractivity contribution in [3.8, 4) is 0 Å². The number of alkyl carbamates (subject to hydrolysis) is 1. The maximum absolute atomic E-state index is 14.2. The molecule has 0 aliphatic carbocycles. The van der Waals surface area contributed by atoms with Gasteiger partial charge in [-0.05, 0) is 69.0 Å². The van der Waals surface area contributed by atoms with E-state index in [0.29, 0.717) is 6.42 Å². The van der Waals surface area contributed by atoms with Gasteiger partial charge in [0, 0.05) is 32.5 Å². The average Bonchev–Trinajstić information content (AvgIpc) is 2.96. The summed E-state index contributed by atoms with van der Waals surface area (Å²) < 4.78 is 5.36. The van der Waals surface area contributed by atoms with Gasteiger partial charge in [-0.15, -0.1) is 0 Å². The molecule has 0 spiro atoms. The average molecular weight is 615 g/mol. The van der Waals surface area contributed by atoms with Crippen LogP contribution in [0.15, 0.2) is 84.9 Å². The minimum absolute atomic E-state index is 0.225. The lowest BCUT2D eigenvalue weighted by Crippen LogP contribution is -2.55. The molecule has 9 heteroatoms. The SMILES string of the molecule is CN(C(=O)/C=C/CC(C)(C)NC(=O)OC(C)(C)C)[C@H](Cc1cccc2ccccc12)C(=O)N(C)[C@H](Cc1ccccc1)C(N)=O. The van der Waals surface area contributed by atoms with Crippen LogP contribution in [0.5, 0.6) is 0 Å². The molecule has 0 aliphatic heterocycles. The lowest BCUT2D eigenvalue weighted by molar-refractivity contribution is -0.145. The quantitative estimate of drug-likeness (QED) is 0.278. The van der Waals surface area contributed by atoms with Gasteiger partial charge >= 0.3 is 6.09 Å². The van der Waals surface area contributed by atoms with Crippen molar-refractivity contribution in [1.29, 1.82) is 0 Å². The summed E-state index contributed by atoms with van der Waals surface area (Å²) in [7, 11) is 3.13. The van der Waals surface area contributed by atoms with Crippen molar-refractivity contribution in [2.24, 2.45) is 5.73 Å². The Morgan fingerprint density at radius 1 is 0.822 bits per heavy atom. The largest absolute Gasteiger partial charge is 0.444 e. The predicted molar refractivity (Wildman–Crippen MR) is 177 cm³/mol. The van der Waals surface area contributed by atoms with E-state index < -0.39 is 47.0 Å². The summed E-state index contributed by atoms with van der Waals surface area (Å²) in [6.07, 6.45) is 3.33. The Bertz CT molecular complexity index is 1520. The lowest BCUT2D eigenvalue weighted by Gasteiger charge is -2.34. The summed E-state index contributed by atoms with van der Waals surface area (Å²) in [6.45, 7) is 9.01. The number of carbonyl (C=O) groups excluding carboxylic acids is 4. The Labute approximate surface area is 266 Å². The highest BCUT2D eigenvalue weighted by atomic mass is 16.6. The van der Waals surface area contributed by atoms with Crippen molar-refractivity contribution in [3.63, 3.8) is 0 Å². The first-order valence-corrected chi connectivity index (χ1v) is 15.1. The fraction of sp³-hybridized carbons (Fsp3) is 0.389. The summed E-state index contributed by atoms with van der Waals surface area (Å²) in [5, 5.41) is 4.81. The molecule has 4 amide bonds. The molecule has 240 valence electrons. The van der Waals surface area contributed by atoms with E-state index in [-0.39, 0.29) is 12.8 Å². The molecule has 2 atom stereocenters. The molecular formula is C36H46N4O5. The summed E-state index contributed by atoms with van der Waals surface area (Å²) >= 11 is 0. The zero-order valence-corrected chi connectivity index (χ0v) is 27.4. The zero-order valence-electron chi connectivity index (χ0n) is 27.4. The number of primary amides is 1. The number of fused-ring (bicyclic) bond motifs is 1. The number of likely N-dealkylation sites (N-methyl/N-ethyl adjacent to an activating group) is 2. The van der Waals surface area contributed by atoms with E-state index in [0.717, 1.165) is 21.9 Å². The molecule has 3 aromatic rings. The first-order chi connectivity index (χ1) is 21.1. The first-order valence-electron chi connectivity index (χ1n) is 15.1. The molecule has 0 saturated heterocycles. The van der Waals surface area contributed by atoms with E-state index in [4.69, 9.17) is 10.5 Å². The fourth-order valence-electron chi connectivity index (χ4n) is 5.08. The van der Waals surface area contributed by atoms with Gasteiger partial charge in [-0.1, -0.05) is 78.9 Å². The number of amides is 4. The van der Waals surface area contributed by atoms with Gasteiger partial charge in [0.05, 0.1) is 0 Å². The Morgan fingerprint density at radius 2 is 1.44 bits per heavy atom. The van der Waals surface area contributed by atoms with Crippen LogP contribution in [0.1, 0.15) is 52.2 Å². The van der Waals surface area contributed by atoms with Crippen molar-refractivity contribution in [2.45, 2.75) is 77.1 Å². The van der Waals surface area contributed by atoms with Crippen LogP contribution in [-0.2, 0) is 32.0 Å². The normalized spacial score (nSPS) is 13.2. The van der Waals surface area contributed by atoms with Gasteiger partial charge in [-0.3, -0.25) is 14.4 Å². The van der Waals surface area contributed by atoms with Gasteiger partial charge in [-0.25, -0.2) is 4.79 Å². The van der Waals surface area contributed by atoms with Gasteiger partial charge < -0.3 is 25.6 Å². The second kappa shape index (κ2) is 14.9. The van der Waals surface area contributed by atoms with Gasteiger partial charge in [0.2, 0.25) is 17.7 Å². The standard InChI is InChI=1S/C36H46N4O5/c1-35(2,3)45-34(44)38-36(4,5)22-14-21-31(41)39(6)30(24-27-19-13-18-26-17-11-12-20-28(26)27)33(43)40(7)29(32(37)42)23-25-15-9-8-10-16-25/h8-21,29-30H,22-24H2,1-7H3,(H2,37,42)(H,38,44)/b21-14+/t29-,30-/m1/s1. The molecule has 0 aromatic heterocycles. The van der Waals surface area contributed by atoms with Crippen LogP contribution in [0.25, 0.3) is 10.8 Å². The van der Waals surface area contributed by atoms with Crippen molar-refractivity contribution < 1.29 is 23.9 Å². The van der Waals surface area contributed by atoms with Crippen molar-refractivity contribution in [3.05, 3.63) is 96.1 Å². The summed E-state index contributed by atoms with van der Waals surface area (Å²) in [4.78, 5) is 55.3.